The third-order valence-electron chi connectivity index (χ3n) is 5.48. The first-order valence-corrected chi connectivity index (χ1v) is 8.80. The smallest absolute Gasteiger partial charge is 0.316 e. The van der Waals surface area contributed by atoms with E-state index in [9.17, 15) is 14.4 Å². The van der Waals surface area contributed by atoms with E-state index in [2.05, 4.69) is 12.2 Å². The van der Waals surface area contributed by atoms with E-state index in [0.717, 1.165) is 31.2 Å². The van der Waals surface area contributed by atoms with E-state index >= 15 is 0 Å². The summed E-state index contributed by atoms with van der Waals surface area (Å²) in [6.45, 7) is 4.12. The summed E-state index contributed by atoms with van der Waals surface area (Å²) in [5.74, 6) is 0.793. The average molecular weight is 343 g/mol. The summed E-state index contributed by atoms with van der Waals surface area (Å²) in [7, 11) is 3.17. The highest BCUT2D eigenvalue weighted by atomic mass is 16.2. The number of nitrogens with zero attached hydrogens (tertiary/aromatic N) is 2. The molecule has 0 spiro atoms. The molecule has 0 unspecified atom stereocenters. The molecular weight excluding hydrogens is 318 g/mol. The van der Waals surface area contributed by atoms with Gasteiger partial charge in [0, 0.05) is 25.7 Å². The van der Waals surface area contributed by atoms with Crippen LogP contribution in [0.25, 0.3) is 11.0 Å². The van der Waals surface area contributed by atoms with Gasteiger partial charge in [-0.25, -0.2) is 0 Å². The van der Waals surface area contributed by atoms with Crippen molar-refractivity contribution in [3.8, 4) is 0 Å². The monoisotopic (exact) mass is 343 g/mol. The van der Waals surface area contributed by atoms with Gasteiger partial charge in [0.15, 0.2) is 0 Å². The number of rotatable bonds is 2. The summed E-state index contributed by atoms with van der Waals surface area (Å²) in [5, 5.41) is 3.03. The van der Waals surface area contributed by atoms with Gasteiger partial charge in [-0.15, -0.1) is 0 Å². The predicted octanol–water partition coefficient (Wildman–Crippen LogP) is 2.31. The zero-order valence-corrected chi connectivity index (χ0v) is 15.3. The van der Waals surface area contributed by atoms with Crippen LogP contribution in [0.4, 0.5) is 5.69 Å². The Morgan fingerprint density at radius 3 is 2.08 bits per heavy atom. The van der Waals surface area contributed by atoms with E-state index in [-0.39, 0.29) is 11.8 Å². The van der Waals surface area contributed by atoms with Crippen LogP contribution >= 0.6 is 0 Å². The van der Waals surface area contributed by atoms with Crippen molar-refractivity contribution in [2.45, 2.75) is 39.5 Å². The van der Waals surface area contributed by atoms with E-state index in [1.165, 1.54) is 9.13 Å². The molecular formula is C19H25N3O3. The third-order valence-corrected chi connectivity index (χ3v) is 5.48. The molecule has 0 aliphatic heterocycles. The number of aromatic nitrogens is 2. The predicted molar refractivity (Wildman–Crippen MR) is 98.9 cm³/mol. The molecule has 1 N–H and O–H groups in total. The SMILES string of the molecule is Cc1cc2c(cc1NC(=O)C1CCC(C)CC1)n(C)c(=O)c(=O)n2C. The minimum atomic E-state index is -0.572. The summed E-state index contributed by atoms with van der Waals surface area (Å²) >= 11 is 0. The lowest BCUT2D eigenvalue weighted by Crippen LogP contribution is -2.39. The highest BCUT2D eigenvalue weighted by Gasteiger charge is 2.24. The fourth-order valence-corrected chi connectivity index (χ4v) is 3.62. The van der Waals surface area contributed by atoms with Crippen molar-refractivity contribution in [1.29, 1.82) is 0 Å². The van der Waals surface area contributed by atoms with Gasteiger partial charge in [0.2, 0.25) is 5.91 Å². The lowest BCUT2D eigenvalue weighted by molar-refractivity contribution is -0.121. The van der Waals surface area contributed by atoms with Crippen LogP contribution in [0.5, 0.6) is 0 Å². The second kappa shape index (κ2) is 6.50. The summed E-state index contributed by atoms with van der Waals surface area (Å²) in [6, 6.07) is 3.63. The molecule has 2 aromatic rings. The molecule has 1 heterocycles. The van der Waals surface area contributed by atoms with E-state index in [4.69, 9.17) is 0 Å². The number of benzene rings is 1. The Labute approximate surface area is 146 Å². The summed E-state index contributed by atoms with van der Waals surface area (Å²) in [5.41, 5.74) is 1.75. The number of anilines is 1. The minimum Gasteiger partial charge on any atom is -0.326 e. The lowest BCUT2D eigenvalue weighted by Gasteiger charge is -2.25. The van der Waals surface area contributed by atoms with E-state index < -0.39 is 11.1 Å². The van der Waals surface area contributed by atoms with Crippen molar-refractivity contribution in [3.63, 3.8) is 0 Å². The molecule has 134 valence electrons. The maximum Gasteiger partial charge on any atom is 0.316 e. The molecule has 1 aromatic heterocycles. The third kappa shape index (κ3) is 3.13. The molecule has 0 atom stereocenters. The van der Waals surface area contributed by atoms with E-state index in [1.807, 2.05) is 13.0 Å². The number of fused-ring (bicyclic) bond motifs is 1. The number of hydrogen-bond donors (Lipinski definition) is 1. The van der Waals surface area contributed by atoms with Crippen LogP contribution < -0.4 is 16.4 Å². The summed E-state index contributed by atoms with van der Waals surface area (Å²) < 4.78 is 2.70. The number of amides is 1. The summed E-state index contributed by atoms with van der Waals surface area (Å²) in [4.78, 5) is 36.6. The highest BCUT2D eigenvalue weighted by molar-refractivity contribution is 5.95. The topological polar surface area (TPSA) is 73.1 Å². The van der Waals surface area contributed by atoms with Crippen molar-refractivity contribution in [1.82, 2.24) is 9.13 Å². The van der Waals surface area contributed by atoms with Crippen LogP contribution in [-0.2, 0) is 18.9 Å². The van der Waals surface area contributed by atoms with Crippen LogP contribution in [0.2, 0.25) is 0 Å². The van der Waals surface area contributed by atoms with Gasteiger partial charge in [-0.05, 0) is 56.2 Å². The van der Waals surface area contributed by atoms with Crippen LogP contribution in [-0.4, -0.2) is 15.0 Å². The van der Waals surface area contributed by atoms with Gasteiger partial charge in [-0.2, -0.15) is 0 Å². The quantitative estimate of drug-likeness (QED) is 0.851. The second-order valence-electron chi connectivity index (χ2n) is 7.33. The van der Waals surface area contributed by atoms with Gasteiger partial charge in [0.25, 0.3) is 0 Å². The maximum atomic E-state index is 12.6. The zero-order chi connectivity index (χ0) is 18.3. The Morgan fingerprint density at radius 1 is 1.00 bits per heavy atom. The van der Waals surface area contributed by atoms with Crippen LogP contribution in [0.15, 0.2) is 21.7 Å². The average Bonchev–Trinajstić information content (AvgIpc) is 2.60. The lowest BCUT2D eigenvalue weighted by atomic mass is 9.82. The Kier molecular flexibility index (Phi) is 4.54. The van der Waals surface area contributed by atoms with Gasteiger partial charge >= 0.3 is 11.1 Å². The Morgan fingerprint density at radius 2 is 1.52 bits per heavy atom. The molecule has 1 saturated carbocycles. The summed E-state index contributed by atoms with van der Waals surface area (Å²) in [6.07, 6.45) is 4.02. The fraction of sp³-hybridized carbons (Fsp3) is 0.526. The van der Waals surface area contributed by atoms with E-state index in [1.54, 1.807) is 20.2 Å². The van der Waals surface area contributed by atoms with Gasteiger partial charge in [-0.1, -0.05) is 6.92 Å². The standard InChI is InChI=1S/C19H25N3O3/c1-11-5-7-13(8-6-11)17(23)20-14-10-16-15(9-12(14)2)21(3)18(24)19(25)22(16)4/h9-11,13H,5-8H2,1-4H3,(H,20,23). The molecule has 1 aromatic carbocycles. The first-order valence-electron chi connectivity index (χ1n) is 8.80. The molecule has 1 aliphatic carbocycles. The molecule has 6 nitrogen and oxygen atoms in total. The molecule has 0 saturated heterocycles. The van der Waals surface area contributed by atoms with Crippen LogP contribution in [0.1, 0.15) is 38.2 Å². The number of hydrogen-bond acceptors (Lipinski definition) is 3. The first kappa shape index (κ1) is 17.5. The molecule has 1 amide bonds. The fourth-order valence-electron chi connectivity index (χ4n) is 3.62. The van der Waals surface area contributed by atoms with Gasteiger partial charge in [0.05, 0.1) is 11.0 Å². The number of aryl methyl sites for hydroxylation is 3. The molecule has 6 heteroatoms. The normalized spacial score (nSPS) is 20.6. The molecule has 25 heavy (non-hydrogen) atoms. The molecule has 1 aliphatic rings. The number of nitrogens with one attached hydrogen (secondary N) is 1. The molecule has 0 radical (unpaired) electrons. The van der Waals surface area contributed by atoms with Crippen LogP contribution in [0, 0.1) is 18.8 Å². The van der Waals surface area contributed by atoms with E-state index in [0.29, 0.717) is 22.6 Å². The van der Waals surface area contributed by atoms with Crippen molar-refractivity contribution in [3.05, 3.63) is 38.4 Å². The van der Waals surface area contributed by atoms with Crippen LogP contribution in [0.3, 0.4) is 0 Å². The van der Waals surface area contributed by atoms with Crippen molar-refractivity contribution in [2.75, 3.05) is 5.32 Å². The van der Waals surface area contributed by atoms with Crippen molar-refractivity contribution in [2.24, 2.45) is 25.9 Å². The Hall–Kier alpha value is -2.37. The largest absolute Gasteiger partial charge is 0.326 e. The Bertz CT molecular complexity index is 947. The maximum absolute atomic E-state index is 12.6. The number of carbonyl (C=O) groups is 1. The van der Waals surface area contributed by atoms with Gasteiger partial charge in [-0.3, -0.25) is 14.4 Å². The first-order chi connectivity index (χ1) is 11.8. The highest BCUT2D eigenvalue weighted by Crippen LogP contribution is 2.30. The molecule has 3 rings (SSSR count). The van der Waals surface area contributed by atoms with Crippen molar-refractivity contribution >= 4 is 22.6 Å². The Balaban J connectivity index is 1.97. The van der Waals surface area contributed by atoms with Gasteiger partial charge in [0.1, 0.15) is 0 Å². The second-order valence-corrected chi connectivity index (χ2v) is 7.33. The van der Waals surface area contributed by atoms with Crippen molar-refractivity contribution < 1.29 is 4.79 Å². The van der Waals surface area contributed by atoms with Gasteiger partial charge < -0.3 is 14.5 Å². The molecule has 0 bridgehead atoms. The zero-order valence-electron chi connectivity index (χ0n) is 15.3. The number of carbonyl (C=O) groups excluding carboxylic acids is 1. The minimum absolute atomic E-state index is 0.0455. The molecule has 1 fully saturated rings.